The number of nitrogens with one attached hydrogen (secondary N) is 2. The molecule has 0 aliphatic rings. The second-order valence-corrected chi connectivity index (χ2v) is 4.99. The van der Waals surface area contributed by atoms with Gasteiger partial charge in [0.2, 0.25) is 5.91 Å². The first kappa shape index (κ1) is 17.0. The highest BCUT2D eigenvalue weighted by Gasteiger charge is 2.06. The minimum absolute atomic E-state index is 0.148. The lowest BCUT2D eigenvalue weighted by molar-refractivity contribution is -0.115. The molecule has 0 saturated heterocycles. The van der Waals surface area contributed by atoms with E-state index in [2.05, 4.69) is 21.4 Å². The van der Waals surface area contributed by atoms with Crippen molar-refractivity contribution in [2.24, 2.45) is 0 Å². The number of carbonyl (C=O) groups is 2. The minimum Gasteiger partial charge on any atom is -0.465 e. The number of benzene rings is 2. The normalized spacial score (nSPS) is 9.67. The molecule has 2 aromatic rings. The Labute approximate surface area is 140 Å². The van der Waals surface area contributed by atoms with E-state index in [4.69, 9.17) is 5.26 Å². The Morgan fingerprint density at radius 3 is 2.54 bits per heavy atom. The van der Waals surface area contributed by atoms with Gasteiger partial charge in [-0.05, 0) is 42.5 Å². The molecule has 0 heterocycles. The molecule has 2 aromatic carbocycles. The van der Waals surface area contributed by atoms with Crippen LogP contribution in [0.2, 0.25) is 0 Å². The molecule has 0 saturated carbocycles. The molecule has 0 bridgehead atoms. The van der Waals surface area contributed by atoms with Gasteiger partial charge < -0.3 is 15.4 Å². The molecule has 0 aliphatic carbocycles. The number of ether oxygens (including phenoxy) is 1. The maximum Gasteiger partial charge on any atom is 0.337 e. The Morgan fingerprint density at radius 2 is 1.88 bits per heavy atom. The van der Waals surface area contributed by atoms with E-state index in [0.717, 1.165) is 5.69 Å². The summed E-state index contributed by atoms with van der Waals surface area (Å²) in [5.41, 5.74) is 2.40. The third-order valence-corrected chi connectivity index (χ3v) is 3.26. The van der Waals surface area contributed by atoms with Crippen molar-refractivity contribution in [1.82, 2.24) is 0 Å². The van der Waals surface area contributed by atoms with Crippen molar-refractivity contribution in [3.05, 3.63) is 59.7 Å². The van der Waals surface area contributed by atoms with Crippen molar-refractivity contribution in [2.75, 3.05) is 24.3 Å². The van der Waals surface area contributed by atoms with Gasteiger partial charge in [0, 0.05) is 24.3 Å². The van der Waals surface area contributed by atoms with Gasteiger partial charge in [-0.1, -0.05) is 6.07 Å². The van der Waals surface area contributed by atoms with Crippen molar-refractivity contribution in [3.63, 3.8) is 0 Å². The quantitative estimate of drug-likeness (QED) is 0.798. The molecular weight excluding hydrogens is 306 g/mol. The summed E-state index contributed by atoms with van der Waals surface area (Å²) in [4.78, 5) is 23.2. The van der Waals surface area contributed by atoms with Crippen LogP contribution in [0.4, 0.5) is 11.4 Å². The van der Waals surface area contributed by atoms with Crippen molar-refractivity contribution < 1.29 is 14.3 Å². The zero-order chi connectivity index (χ0) is 17.4. The van der Waals surface area contributed by atoms with Crippen LogP contribution in [0.1, 0.15) is 22.3 Å². The van der Waals surface area contributed by atoms with Crippen LogP contribution in [-0.2, 0) is 9.53 Å². The molecule has 0 radical (unpaired) electrons. The van der Waals surface area contributed by atoms with Gasteiger partial charge in [0.25, 0.3) is 0 Å². The largest absolute Gasteiger partial charge is 0.465 e. The highest BCUT2D eigenvalue weighted by atomic mass is 16.5. The topological polar surface area (TPSA) is 91.2 Å². The van der Waals surface area contributed by atoms with Gasteiger partial charge in [0.05, 0.1) is 24.3 Å². The number of nitrogens with zero attached hydrogens (tertiary/aromatic N) is 1. The molecule has 2 N–H and O–H groups in total. The summed E-state index contributed by atoms with van der Waals surface area (Å²) in [6.45, 7) is 0.445. The Hall–Kier alpha value is -3.33. The third kappa shape index (κ3) is 4.85. The van der Waals surface area contributed by atoms with E-state index in [1.54, 1.807) is 42.5 Å². The van der Waals surface area contributed by atoms with E-state index in [0.29, 0.717) is 23.4 Å². The summed E-state index contributed by atoms with van der Waals surface area (Å²) >= 11 is 0. The lowest BCUT2D eigenvalue weighted by atomic mass is 10.2. The van der Waals surface area contributed by atoms with E-state index in [1.165, 1.54) is 7.11 Å². The predicted octanol–water partition coefficient (Wildman–Crippen LogP) is 2.79. The van der Waals surface area contributed by atoms with Crippen molar-refractivity contribution in [1.29, 1.82) is 5.26 Å². The molecular formula is C18H17N3O3. The first-order valence-corrected chi connectivity index (χ1v) is 7.34. The van der Waals surface area contributed by atoms with Gasteiger partial charge >= 0.3 is 5.97 Å². The molecule has 0 unspecified atom stereocenters. The second kappa shape index (κ2) is 8.34. The zero-order valence-corrected chi connectivity index (χ0v) is 13.2. The SMILES string of the molecule is COC(=O)c1ccc(NC(=O)CCNc2cccc(C#N)c2)cc1. The van der Waals surface area contributed by atoms with Crippen LogP contribution in [0.3, 0.4) is 0 Å². The van der Waals surface area contributed by atoms with E-state index in [1.807, 2.05) is 6.07 Å². The van der Waals surface area contributed by atoms with Crippen molar-refractivity contribution in [3.8, 4) is 6.07 Å². The Kier molecular flexibility index (Phi) is 5.92. The molecule has 24 heavy (non-hydrogen) atoms. The molecule has 0 spiro atoms. The first-order chi connectivity index (χ1) is 11.6. The number of hydrogen-bond donors (Lipinski definition) is 2. The summed E-state index contributed by atoms with van der Waals surface area (Å²) in [5.74, 6) is -0.568. The van der Waals surface area contributed by atoms with Crippen LogP contribution in [0.5, 0.6) is 0 Å². The maximum absolute atomic E-state index is 11.9. The predicted molar refractivity (Wildman–Crippen MR) is 90.7 cm³/mol. The lowest BCUT2D eigenvalue weighted by Gasteiger charge is -2.08. The van der Waals surface area contributed by atoms with Gasteiger partial charge in [-0.2, -0.15) is 5.26 Å². The van der Waals surface area contributed by atoms with E-state index < -0.39 is 5.97 Å². The summed E-state index contributed by atoms with van der Waals surface area (Å²) in [7, 11) is 1.32. The van der Waals surface area contributed by atoms with Crippen LogP contribution in [0.15, 0.2) is 48.5 Å². The molecule has 122 valence electrons. The van der Waals surface area contributed by atoms with Gasteiger partial charge in [-0.3, -0.25) is 4.79 Å². The van der Waals surface area contributed by atoms with Gasteiger partial charge in [-0.25, -0.2) is 4.79 Å². The maximum atomic E-state index is 11.9. The molecule has 6 nitrogen and oxygen atoms in total. The van der Waals surface area contributed by atoms with Crippen LogP contribution in [-0.4, -0.2) is 25.5 Å². The average Bonchev–Trinajstić information content (AvgIpc) is 2.62. The number of carbonyl (C=O) groups excluding carboxylic acids is 2. The van der Waals surface area contributed by atoms with E-state index >= 15 is 0 Å². The fourth-order valence-electron chi connectivity index (χ4n) is 2.05. The Bertz CT molecular complexity index is 764. The number of anilines is 2. The van der Waals surface area contributed by atoms with Gasteiger partial charge in [0.15, 0.2) is 0 Å². The fourth-order valence-corrected chi connectivity index (χ4v) is 2.05. The second-order valence-electron chi connectivity index (χ2n) is 4.99. The molecule has 0 atom stereocenters. The average molecular weight is 323 g/mol. The molecule has 0 fully saturated rings. The summed E-state index contributed by atoms with van der Waals surface area (Å²) < 4.78 is 4.61. The van der Waals surface area contributed by atoms with Crippen LogP contribution >= 0.6 is 0 Å². The smallest absolute Gasteiger partial charge is 0.337 e. The van der Waals surface area contributed by atoms with E-state index in [9.17, 15) is 9.59 Å². The highest BCUT2D eigenvalue weighted by molar-refractivity contribution is 5.93. The summed E-state index contributed by atoms with van der Waals surface area (Å²) in [6.07, 6.45) is 0.273. The third-order valence-electron chi connectivity index (χ3n) is 3.26. The van der Waals surface area contributed by atoms with Gasteiger partial charge in [0.1, 0.15) is 0 Å². The van der Waals surface area contributed by atoms with Gasteiger partial charge in [-0.15, -0.1) is 0 Å². The number of hydrogen-bond acceptors (Lipinski definition) is 5. The summed E-state index contributed by atoms with van der Waals surface area (Å²) in [5, 5.41) is 14.7. The molecule has 6 heteroatoms. The van der Waals surface area contributed by atoms with Crippen LogP contribution in [0.25, 0.3) is 0 Å². The monoisotopic (exact) mass is 323 g/mol. The van der Waals surface area contributed by atoms with E-state index in [-0.39, 0.29) is 12.3 Å². The number of methoxy groups -OCH3 is 1. The number of rotatable bonds is 6. The molecule has 0 aliphatic heterocycles. The first-order valence-electron chi connectivity index (χ1n) is 7.34. The molecule has 2 rings (SSSR count). The molecule has 0 aromatic heterocycles. The zero-order valence-electron chi connectivity index (χ0n) is 13.2. The number of amides is 1. The lowest BCUT2D eigenvalue weighted by Crippen LogP contribution is -2.16. The van der Waals surface area contributed by atoms with Crippen molar-refractivity contribution in [2.45, 2.75) is 6.42 Å². The Balaban J connectivity index is 1.81. The fraction of sp³-hybridized carbons (Fsp3) is 0.167. The summed E-state index contributed by atoms with van der Waals surface area (Å²) in [6, 6.07) is 15.6. The van der Waals surface area contributed by atoms with Crippen LogP contribution < -0.4 is 10.6 Å². The van der Waals surface area contributed by atoms with Crippen LogP contribution in [0, 0.1) is 11.3 Å². The highest BCUT2D eigenvalue weighted by Crippen LogP contribution is 2.12. The standard InChI is InChI=1S/C18H17N3O3/c1-24-18(23)14-5-7-15(8-6-14)21-17(22)9-10-20-16-4-2-3-13(11-16)12-19/h2-8,11,20H,9-10H2,1H3,(H,21,22). The number of esters is 1. The minimum atomic E-state index is -0.420. The Morgan fingerprint density at radius 1 is 1.12 bits per heavy atom. The molecule has 1 amide bonds. The van der Waals surface area contributed by atoms with Crippen molar-refractivity contribution >= 4 is 23.3 Å². The number of nitriles is 1.